The summed E-state index contributed by atoms with van der Waals surface area (Å²) in [6.45, 7) is 4.27. The van der Waals surface area contributed by atoms with Crippen molar-refractivity contribution >= 4 is 22.4 Å². The molecule has 0 bridgehead atoms. The molecule has 0 aliphatic carbocycles. The Bertz CT molecular complexity index is 336. The van der Waals surface area contributed by atoms with Gasteiger partial charge < -0.3 is 10.1 Å². The summed E-state index contributed by atoms with van der Waals surface area (Å²) >= 11 is 1.35. The van der Waals surface area contributed by atoms with E-state index in [9.17, 15) is 4.79 Å². The Morgan fingerprint density at radius 1 is 1.53 bits per heavy atom. The van der Waals surface area contributed by atoms with Gasteiger partial charge in [0.25, 0.3) is 0 Å². The molecule has 0 unspecified atom stereocenters. The fourth-order valence-corrected chi connectivity index (χ4v) is 2.08. The minimum absolute atomic E-state index is 0.264. The van der Waals surface area contributed by atoms with Crippen molar-refractivity contribution in [2.24, 2.45) is 0 Å². The van der Waals surface area contributed by atoms with Gasteiger partial charge in [-0.3, -0.25) is 0 Å². The summed E-state index contributed by atoms with van der Waals surface area (Å²) in [6, 6.07) is 0. The van der Waals surface area contributed by atoms with E-state index in [2.05, 4.69) is 17.2 Å². The molecular weight excluding hydrogens is 212 g/mol. The van der Waals surface area contributed by atoms with E-state index in [1.54, 1.807) is 14.0 Å². The van der Waals surface area contributed by atoms with Crippen LogP contribution in [-0.4, -0.2) is 24.6 Å². The number of esters is 1. The van der Waals surface area contributed by atoms with Crippen LogP contribution in [0.3, 0.4) is 0 Å². The van der Waals surface area contributed by atoms with Crippen LogP contribution in [0.2, 0.25) is 0 Å². The zero-order valence-corrected chi connectivity index (χ0v) is 10.1. The van der Waals surface area contributed by atoms with Crippen molar-refractivity contribution in [1.82, 2.24) is 4.98 Å². The number of carbonyl (C=O) groups excluding carboxylic acids is 1. The molecule has 1 N–H and O–H groups in total. The molecule has 0 aromatic carbocycles. The molecule has 0 aliphatic rings. The summed E-state index contributed by atoms with van der Waals surface area (Å²) in [5, 5.41) is 3.71. The number of nitrogens with one attached hydrogen (secondary N) is 1. The molecule has 0 amide bonds. The highest BCUT2D eigenvalue weighted by Gasteiger charge is 2.17. The first-order valence-electron chi connectivity index (χ1n) is 5.07. The monoisotopic (exact) mass is 228 g/mol. The number of anilines is 1. The van der Waals surface area contributed by atoms with Crippen LogP contribution in [-0.2, 0) is 11.2 Å². The Balaban J connectivity index is 2.92. The van der Waals surface area contributed by atoms with Crippen LogP contribution in [0, 0.1) is 0 Å². The number of ether oxygens (including phenoxy) is 1. The highest BCUT2D eigenvalue weighted by Crippen LogP contribution is 2.24. The molecule has 1 aromatic rings. The van der Waals surface area contributed by atoms with Crippen LogP contribution < -0.4 is 5.32 Å². The second kappa shape index (κ2) is 5.70. The molecule has 1 aromatic heterocycles. The van der Waals surface area contributed by atoms with Crippen LogP contribution >= 0.6 is 11.3 Å². The number of carbonyl (C=O) groups is 1. The van der Waals surface area contributed by atoms with Gasteiger partial charge in [-0.25, -0.2) is 9.78 Å². The van der Waals surface area contributed by atoms with E-state index >= 15 is 0 Å². The summed E-state index contributed by atoms with van der Waals surface area (Å²) in [5.74, 6) is -0.264. The Morgan fingerprint density at radius 3 is 2.80 bits per heavy atom. The molecule has 5 heteroatoms. The molecule has 0 aliphatic heterocycles. The summed E-state index contributed by atoms with van der Waals surface area (Å²) < 4.78 is 4.98. The van der Waals surface area contributed by atoms with Crippen LogP contribution in [0.25, 0.3) is 0 Å². The van der Waals surface area contributed by atoms with E-state index in [-0.39, 0.29) is 5.97 Å². The fraction of sp³-hybridized carbons (Fsp3) is 0.600. The lowest BCUT2D eigenvalue weighted by atomic mass is 10.2. The van der Waals surface area contributed by atoms with Crippen molar-refractivity contribution in [3.8, 4) is 0 Å². The van der Waals surface area contributed by atoms with Crippen molar-refractivity contribution in [3.05, 3.63) is 10.6 Å². The Kier molecular flexibility index (Phi) is 4.55. The topological polar surface area (TPSA) is 51.2 Å². The summed E-state index contributed by atoms with van der Waals surface area (Å²) in [4.78, 5) is 16.5. The molecule has 1 rings (SSSR count). The molecule has 0 spiro atoms. The summed E-state index contributed by atoms with van der Waals surface area (Å²) in [7, 11) is 1.80. The lowest BCUT2D eigenvalue weighted by Gasteiger charge is -2.00. The van der Waals surface area contributed by atoms with Crippen molar-refractivity contribution in [2.75, 3.05) is 19.0 Å². The molecule has 84 valence electrons. The summed E-state index contributed by atoms with van der Waals surface area (Å²) in [6.07, 6.45) is 1.78. The highest BCUT2D eigenvalue weighted by atomic mass is 32.1. The Morgan fingerprint density at radius 2 is 2.27 bits per heavy atom. The quantitative estimate of drug-likeness (QED) is 0.786. The molecular formula is C10H16N2O2S. The van der Waals surface area contributed by atoms with Crippen LogP contribution in [0.5, 0.6) is 0 Å². The van der Waals surface area contributed by atoms with Crippen molar-refractivity contribution < 1.29 is 9.53 Å². The highest BCUT2D eigenvalue weighted by molar-refractivity contribution is 7.17. The number of nitrogens with zero attached hydrogens (tertiary/aromatic N) is 1. The molecule has 4 nitrogen and oxygen atoms in total. The van der Waals surface area contributed by atoms with Gasteiger partial charge in [0.15, 0.2) is 5.13 Å². The maximum atomic E-state index is 11.6. The van der Waals surface area contributed by atoms with Crippen molar-refractivity contribution in [3.63, 3.8) is 0 Å². The second-order valence-corrected chi connectivity index (χ2v) is 4.01. The van der Waals surface area contributed by atoms with Gasteiger partial charge in [-0.1, -0.05) is 24.7 Å². The lowest BCUT2D eigenvalue weighted by molar-refractivity contribution is 0.0530. The maximum Gasteiger partial charge on any atom is 0.350 e. The molecule has 1 heterocycles. The first kappa shape index (κ1) is 12.0. The van der Waals surface area contributed by atoms with Crippen molar-refractivity contribution in [1.29, 1.82) is 0 Å². The number of hydrogen-bond donors (Lipinski definition) is 1. The second-order valence-electron chi connectivity index (χ2n) is 3.02. The van der Waals surface area contributed by atoms with E-state index in [1.165, 1.54) is 11.3 Å². The van der Waals surface area contributed by atoms with Crippen molar-refractivity contribution in [2.45, 2.75) is 26.7 Å². The SMILES string of the molecule is CCCc1nc(NC)sc1C(=O)OCC. The number of rotatable bonds is 5. The number of thiazole rings is 1. The third kappa shape index (κ3) is 2.92. The van der Waals surface area contributed by atoms with Gasteiger partial charge in [-0.05, 0) is 13.3 Å². The largest absolute Gasteiger partial charge is 0.462 e. The minimum atomic E-state index is -0.264. The first-order valence-corrected chi connectivity index (χ1v) is 5.89. The molecule has 0 radical (unpaired) electrons. The van der Waals surface area contributed by atoms with Crippen LogP contribution in [0.15, 0.2) is 0 Å². The lowest BCUT2D eigenvalue weighted by Crippen LogP contribution is -2.05. The van der Waals surface area contributed by atoms with E-state index in [0.717, 1.165) is 23.7 Å². The Hall–Kier alpha value is -1.10. The number of aromatic nitrogens is 1. The van der Waals surface area contributed by atoms with Gasteiger partial charge >= 0.3 is 5.97 Å². The predicted molar refractivity (Wildman–Crippen MR) is 61.6 cm³/mol. The average molecular weight is 228 g/mol. The van der Waals surface area contributed by atoms with E-state index in [0.29, 0.717) is 11.5 Å². The van der Waals surface area contributed by atoms with Gasteiger partial charge in [0.2, 0.25) is 0 Å². The van der Waals surface area contributed by atoms with E-state index < -0.39 is 0 Å². The smallest absolute Gasteiger partial charge is 0.350 e. The molecule has 0 saturated heterocycles. The Labute approximate surface area is 93.7 Å². The third-order valence-corrected chi connectivity index (χ3v) is 2.95. The van der Waals surface area contributed by atoms with Gasteiger partial charge in [0.1, 0.15) is 4.88 Å². The normalized spacial score (nSPS) is 10.1. The maximum absolute atomic E-state index is 11.6. The van der Waals surface area contributed by atoms with Gasteiger partial charge in [-0.2, -0.15) is 0 Å². The van der Waals surface area contributed by atoms with Gasteiger partial charge in [-0.15, -0.1) is 0 Å². The zero-order chi connectivity index (χ0) is 11.3. The van der Waals surface area contributed by atoms with E-state index in [4.69, 9.17) is 4.74 Å². The number of hydrogen-bond acceptors (Lipinski definition) is 5. The number of aryl methyl sites for hydroxylation is 1. The molecule has 0 fully saturated rings. The molecule has 15 heavy (non-hydrogen) atoms. The minimum Gasteiger partial charge on any atom is -0.462 e. The molecule has 0 atom stereocenters. The van der Waals surface area contributed by atoms with E-state index in [1.807, 2.05) is 0 Å². The zero-order valence-electron chi connectivity index (χ0n) is 9.29. The van der Waals surface area contributed by atoms with Crippen LogP contribution in [0.1, 0.15) is 35.6 Å². The predicted octanol–water partition coefficient (Wildman–Crippen LogP) is 2.31. The summed E-state index contributed by atoms with van der Waals surface area (Å²) in [5.41, 5.74) is 0.838. The fourth-order valence-electron chi connectivity index (χ4n) is 1.22. The average Bonchev–Trinajstić information content (AvgIpc) is 2.62. The van der Waals surface area contributed by atoms with Gasteiger partial charge in [0, 0.05) is 7.05 Å². The standard InChI is InChI=1S/C10H16N2O2S/c1-4-6-7-8(9(13)14-5-2)15-10(11-3)12-7/h4-6H2,1-3H3,(H,11,12). The molecule has 0 saturated carbocycles. The van der Waals surface area contributed by atoms with Crippen LogP contribution in [0.4, 0.5) is 5.13 Å². The third-order valence-electron chi connectivity index (χ3n) is 1.86. The first-order chi connectivity index (χ1) is 7.22. The van der Waals surface area contributed by atoms with Gasteiger partial charge in [0.05, 0.1) is 12.3 Å².